The minimum atomic E-state index is -0.0123. The number of benzene rings is 2. The van der Waals surface area contributed by atoms with E-state index in [0.717, 1.165) is 29.2 Å². The smallest absolute Gasteiger partial charge is 0.277 e. The van der Waals surface area contributed by atoms with Gasteiger partial charge in [0.05, 0.1) is 5.69 Å². The Morgan fingerprint density at radius 3 is 2.73 bits per heavy atom. The summed E-state index contributed by atoms with van der Waals surface area (Å²) in [6, 6.07) is 16.4. The predicted octanol–water partition coefficient (Wildman–Crippen LogP) is 5.65. The standard InChI is InChI=1S/C21H20N2OS2/c1-14-7-9-16(10-8-14)20-22-17(13-25-20)21(24)23-12-11-15(2)26-19-6-4-3-5-18(19)23/h3-10,13,15H,11-12H2,1-2H3. The SMILES string of the molecule is Cc1ccc(-c2nc(C(=O)N3CCC(C)Sc4ccccc43)cs2)cc1. The van der Waals surface area contributed by atoms with Crippen molar-refractivity contribution in [1.29, 1.82) is 0 Å². The molecule has 1 aromatic heterocycles. The number of carbonyl (C=O) groups is 1. The lowest BCUT2D eigenvalue weighted by molar-refractivity contribution is 0.0982. The maximum absolute atomic E-state index is 13.2. The van der Waals surface area contributed by atoms with Crippen molar-refractivity contribution < 1.29 is 4.79 Å². The van der Waals surface area contributed by atoms with Gasteiger partial charge in [-0.2, -0.15) is 0 Å². The molecule has 2 heterocycles. The number of anilines is 1. The fraction of sp³-hybridized carbons (Fsp3) is 0.238. The van der Waals surface area contributed by atoms with Gasteiger partial charge >= 0.3 is 0 Å². The maximum Gasteiger partial charge on any atom is 0.277 e. The molecule has 0 aliphatic carbocycles. The Labute approximate surface area is 162 Å². The second kappa shape index (κ2) is 7.25. The van der Waals surface area contributed by atoms with Crippen LogP contribution in [-0.2, 0) is 0 Å². The normalized spacial score (nSPS) is 16.8. The molecular weight excluding hydrogens is 360 g/mol. The van der Waals surface area contributed by atoms with Crippen molar-refractivity contribution in [2.45, 2.75) is 30.4 Å². The van der Waals surface area contributed by atoms with Crippen LogP contribution in [0.4, 0.5) is 5.69 Å². The van der Waals surface area contributed by atoms with Crippen LogP contribution in [0.2, 0.25) is 0 Å². The molecule has 0 N–H and O–H groups in total. The van der Waals surface area contributed by atoms with Gasteiger partial charge in [0, 0.05) is 27.6 Å². The van der Waals surface area contributed by atoms with Crippen LogP contribution >= 0.6 is 23.1 Å². The van der Waals surface area contributed by atoms with Crippen LogP contribution in [0.15, 0.2) is 58.8 Å². The number of fused-ring (bicyclic) bond motifs is 1. The average molecular weight is 381 g/mol. The third kappa shape index (κ3) is 3.41. The van der Waals surface area contributed by atoms with Crippen molar-refractivity contribution in [3.05, 3.63) is 65.2 Å². The van der Waals surface area contributed by atoms with Gasteiger partial charge in [-0.05, 0) is 25.5 Å². The molecule has 26 heavy (non-hydrogen) atoms. The number of hydrogen-bond acceptors (Lipinski definition) is 4. The molecule has 1 amide bonds. The Kier molecular flexibility index (Phi) is 4.83. The van der Waals surface area contributed by atoms with E-state index in [1.807, 2.05) is 40.2 Å². The lowest BCUT2D eigenvalue weighted by atomic mass is 10.2. The Hall–Kier alpha value is -2.11. The number of aromatic nitrogens is 1. The van der Waals surface area contributed by atoms with Crippen LogP contribution in [-0.4, -0.2) is 22.7 Å². The third-order valence-electron chi connectivity index (χ3n) is 4.51. The number of hydrogen-bond donors (Lipinski definition) is 0. The van der Waals surface area contributed by atoms with Gasteiger partial charge < -0.3 is 4.90 Å². The van der Waals surface area contributed by atoms with E-state index in [1.54, 1.807) is 0 Å². The average Bonchev–Trinajstić information content (AvgIpc) is 3.07. The highest BCUT2D eigenvalue weighted by Crippen LogP contribution is 2.38. The van der Waals surface area contributed by atoms with E-state index in [-0.39, 0.29) is 5.91 Å². The largest absolute Gasteiger partial charge is 0.306 e. The number of para-hydroxylation sites is 1. The lowest BCUT2D eigenvalue weighted by Gasteiger charge is -2.21. The highest BCUT2D eigenvalue weighted by atomic mass is 32.2. The van der Waals surface area contributed by atoms with Crippen LogP contribution in [0, 0.1) is 6.92 Å². The molecule has 0 radical (unpaired) electrons. The van der Waals surface area contributed by atoms with Gasteiger partial charge in [0.1, 0.15) is 10.7 Å². The summed E-state index contributed by atoms with van der Waals surface area (Å²) < 4.78 is 0. The molecule has 0 spiro atoms. The van der Waals surface area contributed by atoms with E-state index in [1.165, 1.54) is 21.8 Å². The van der Waals surface area contributed by atoms with E-state index in [0.29, 0.717) is 10.9 Å². The Morgan fingerprint density at radius 2 is 1.92 bits per heavy atom. The fourth-order valence-electron chi connectivity index (χ4n) is 3.04. The number of rotatable bonds is 2. The number of nitrogens with zero attached hydrogens (tertiary/aromatic N) is 2. The summed E-state index contributed by atoms with van der Waals surface area (Å²) in [7, 11) is 0. The Morgan fingerprint density at radius 1 is 1.15 bits per heavy atom. The lowest BCUT2D eigenvalue weighted by Crippen LogP contribution is -2.32. The molecule has 3 aromatic rings. The van der Waals surface area contributed by atoms with Gasteiger partial charge in [-0.15, -0.1) is 23.1 Å². The number of carbonyl (C=O) groups excluding carboxylic acids is 1. The van der Waals surface area contributed by atoms with Crippen molar-refractivity contribution in [3.63, 3.8) is 0 Å². The monoisotopic (exact) mass is 380 g/mol. The van der Waals surface area contributed by atoms with Gasteiger partial charge in [-0.1, -0.05) is 48.9 Å². The zero-order valence-corrected chi connectivity index (χ0v) is 16.4. The van der Waals surface area contributed by atoms with Gasteiger partial charge in [-0.25, -0.2) is 4.98 Å². The summed E-state index contributed by atoms with van der Waals surface area (Å²) in [4.78, 5) is 20.9. The number of amides is 1. The van der Waals surface area contributed by atoms with Crippen LogP contribution in [0.1, 0.15) is 29.4 Å². The molecule has 4 rings (SSSR count). The molecule has 1 aliphatic heterocycles. The zero-order chi connectivity index (χ0) is 18.1. The Bertz CT molecular complexity index is 933. The van der Waals surface area contributed by atoms with Gasteiger partial charge in [0.2, 0.25) is 0 Å². The van der Waals surface area contributed by atoms with Gasteiger partial charge in [-0.3, -0.25) is 4.79 Å². The molecule has 1 unspecified atom stereocenters. The molecule has 0 saturated carbocycles. The van der Waals surface area contributed by atoms with E-state index in [4.69, 9.17) is 0 Å². The summed E-state index contributed by atoms with van der Waals surface area (Å²) in [6.45, 7) is 5.01. The van der Waals surface area contributed by atoms with Gasteiger partial charge in [0.15, 0.2) is 0 Å². The molecule has 2 aromatic carbocycles. The molecule has 0 saturated heterocycles. The summed E-state index contributed by atoms with van der Waals surface area (Å²) >= 11 is 3.36. The highest BCUT2D eigenvalue weighted by molar-refractivity contribution is 8.00. The molecule has 0 fully saturated rings. The molecule has 0 bridgehead atoms. The van der Waals surface area contributed by atoms with Crippen LogP contribution < -0.4 is 4.90 Å². The maximum atomic E-state index is 13.2. The molecule has 1 atom stereocenters. The first kappa shape index (κ1) is 17.3. The summed E-state index contributed by atoms with van der Waals surface area (Å²) in [5.41, 5.74) is 3.80. The van der Waals surface area contributed by atoms with Crippen LogP contribution in [0.5, 0.6) is 0 Å². The molecule has 132 valence electrons. The number of thiazole rings is 1. The van der Waals surface area contributed by atoms with Crippen LogP contribution in [0.3, 0.4) is 0 Å². The molecular formula is C21H20N2OS2. The summed E-state index contributed by atoms with van der Waals surface area (Å²) in [6.07, 6.45) is 0.972. The van der Waals surface area contributed by atoms with Gasteiger partial charge in [0.25, 0.3) is 5.91 Å². The van der Waals surface area contributed by atoms with Crippen molar-refractivity contribution in [1.82, 2.24) is 4.98 Å². The third-order valence-corrected chi connectivity index (χ3v) is 6.64. The molecule has 3 nitrogen and oxygen atoms in total. The zero-order valence-electron chi connectivity index (χ0n) is 14.8. The molecule has 5 heteroatoms. The first-order chi connectivity index (χ1) is 12.6. The van der Waals surface area contributed by atoms with E-state index < -0.39 is 0 Å². The topological polar surface area (TPSA) is 33.2 Å². The number of thioether (sulfide) groups is 1. The quantitative estimate of drug-likeness (QED) is 0.576. The number of aryl methyl sites for hydroxylation is 1. The summed E-state index contributed by atoms with van der Waals surface area (Å²) in [5.74, 6) is -0.0123. The van der Waals surface area contributed by atoms with Crippen molar-refractivity contribution in [2.24, 2.45) is 0 Å². The van der Waals surface area contributed by atoms with Crippen LogP contribution in [0.25, 0.3) is 10.6 Å². The fourth-order valence-corrected chi connectivity index (χ4v) is 4.95. The van der Waals surface area contributed by atoms with Crippen molar-refractivity contribution in [2.75, 3.05) is 11.4 Å². The second-order valence-corrected chi connectivity index (χ2v) is 8.88. The Balaban J connectivity index is 1.65. The molecule has 1 aliphatic rings. The van der Waals surface area contributed by atoms with Crippen molar-refractivity contribution in [3.8, 4) is 10.6 Å². The minimum Gasteiger partial charge on any atom is -0.306 e. The van der Waals surface area contributed by atoms with E-state index in [2.05, 4.69) is 49.2 Å². The van der Waals surface area contributed by atoms with E-state index in [9.17, 15) is 4.79 Å². The van der Waals surface area contributed by atoms with E-state index >= 15 is 0 Å². The second-order valence-electron chi connectivity index (χ2n) is 6.55. The first-order valence-electron chi connectivity index (χ1n) is 8.72. The summed E-state index contributed by atoms with van der Waals surface area (Å²) in [5, 5.41) is 3.26. The first-order valence-corrected chi connectivity index (χ1v) is 10.5. The highest BCUT2D eigenvalue weighted by Gasteiger charge is 2.26. The minimum absolute atomic E-state index is 0.0123. The van der Waals surface area contributed by atoms with Crippen molar-refractivity contribution >= 4 is 34.7 Å². The predicted molar refractivity (Wildman–Crippen MR) is 110 cm³/mol.